The van der Waals surface area contributed by atoms with Gasteiger partial charge in [-0.05, 0) is 97.1 Å². The number of carbonyl (C=O) groups is 2. The van der Waals surface area contributed by atoms with Gasteiger partial charge < -0.3 is 9.80 Å². The van der Waals surface area contributed by atoms with E-state index in [0.29, 0.717) is 22.3 Å². The first-order valence-electron chi connectivity index (χ1n) is 15.9. The van der Waals surface area contributed by atoms with E-state index < -0.39 is 0 Å². The quantitative estimate of drug-likeness (QED) is 0.143. The summed E-state index contributed by atoms with van der Waals surface area (Å²) in [6.45, 7) is 0. The van der Waals surface area contributed by atoms with Crippen LogP contribution in [-0.4, -0.2) is 11.6 Å². The van der Waals surface area contributed by atoms with Crippen LogP contribution < -0.4 is 9.80 Å². The van der Waals surface area contributed by atoms with Crippen molar-refractivity contribution >= 4 is 45.7 Å². The molecule has 0 heterocycles. The highest BCUT2D eigenvalue weighted by Crippen LogP contribution is 2.35. The second-order valence-electron chi connectivity index (χ2n) is 11.3. The smallest absolute Gasteiger partial charge is 0.193 e. The standard InChI is InChI=1S/C44H32N2O2/c47-43(35-25-29-41(30-26-35)45(37-13-5-1-6-14-37)38-15-7-2-8-16-38)33-21-23-34(24-22-33)44(48)36-27-31-42(32-28-36)46(39-17-9-3-10-18-39)40-19-11-4-12-20-40/h1-32H. The molecule has 0 aliphatic heterocycles. The Hall–Kier alpha value is -6.52. The predicted molar refractivity (Wildman–Crippen MR) is 196 cm³/mol. The van der Waals surface area contributed by atoms with E-state index in [4.69, 9.17) is 0 Å². The lowest BCUT2D eigenvalue weighted by atomic mass is 9.98. The number of ketones is 2. The third kappa shape index (κ3) is 6.41. The van der Waals surface area contributed by atoms with E-state index in [1.165, 1.54) is 0 Å². The highest BCUT2D eigenvalue weighted by molar-refractivity contribution is 6.12. The van der Waals surface area contributed by atoms with Crippen molar-refractivity contribution in [3.05, 3.63) is 216 Å². The van der Waals surface area contributed by atoms with Crippen LogP contribution in [0.4, 0.5) is 34.1 Å². The van der Waals surface area contributed by atoms with Crippen LogP contribution in [0.15, 0.2) is 194 Å². The highest BCUT2D eigenvalue weighted by Gasteiger charge is 2.17. The zero-order chi connectivity index (χ0) is 32.7. The van der Waals surface area contributed by atoms with Gasteiger partial charge in [-0.25, -0.2) is 0 Å². The Balaban J connectivity index is 1.08. The van der Waals surface area contributed by atoms with Crippen LogP contribution in [0.3, 0.4) is 0 Å². The normalized spacial score (nSPS) is 10.7. The molecule has 4 heteroatoms. The summed E-state index contributed by atoms with van der Waals surface area (Å²) in [5.74, 6) is -0.199. The molecule has 4 nitrogen and oxygen atoms in total. The molecule has 0 amide bonds. The van der Waals surface area contributed by atoms with Crippen LogP contribution in [0, 0.1) is 0 Å². The molecule has 0 saturated heterocycles. The first-order chi connectivity index (χ1) is 23.7. The Morgan fingerprint density at radius 2 is 0.438 bits per heavy atom. The number of para-hydroxylation sites is 4. The van der Waals surface area contributed by atoms with Gasteiger partial charge in [0.15, 0.2) is 11.6 Å². The molecule has 0 aromatic heterocycles. The summed E-state index contributed by atoms with van der Waals surface area (Å²) in [6, 6.07) is 62.8. The number of nitrogens with zero attached hydrogens (tertiary/aromatic N) is 2. The van der Waals surface area contributed by atoms with Crippen molar-refractivity contribution < 1.29 is 9.59 Å². The molecule has 7 rings (SSSR count). The lowest BCUT2D eigenvalue weighted by molar-refractivity contribution is 0.102. The van der Waals surface area contributed by atoms with Gasteiger partial charge in [0, 0.05) is 56.4 Å². The lowest BCUT2D eigenvalue weighted by Crippen LogP contribution is -2.10. The lowest BCUT2D eigenvalue weighted by Gasteiger charge is -2.25. The fourth-order valence-corrected chi connectivity index (χ4v) is 5.83. The Morgan fingerprint density at radius 3 is 0.667 bits per heavy atom. The molecule has 48 heavy (non-hydrogen) atoms. The van der Waals surface area contributed by atoms with Crippen molar-refractivity contribution in [1.82, 2.24) is 0 Å². The Bertz CT molecular complexity index is 1880. The summed E-state index contributed by atoms with van der Waals surface area (Å²) in [4.78, 5) is 31.2. The molecule has 0 N–H and O–H groups in total. The SMILES string of the molecule is O=C(c1ccc(C(=O)c2ccc(N(c3ccccc3)c3ccccc3)cc2)cc1)c1ccc(N(c2ccccc2)c2ccccc2)cc1. The third-order valence-electron chi connectivity index (χ3n) is 8.24. The summed E-state index contributed by atoms with van der Waals surface area (Å²) in [5, 5.41) is 0. The van der Waals surface area contributed by atoms with E-state index in [-0.39, 0.29) is 11.6 Å². The van der Waals surface area contributed by atoms with Crippen LogP contribution in [0.2, 0.25) is 0 Å². The number of benzene rings is 7. The van der Waals surface area contributed by atoms with Crippen molar-refractivity contribution in [2.45, 2.75) is 0 Å². The first kappa shape index (κ1) is 30.2. The van der Waals surface area contributed by atoms with E-state index in [1.807, 2.05) is 121 Å². The Labute approximate surface area is 280 Å². The fraction of sp³-hybridized carbons (Fsp3) is 0. The number of anilines is 6. The summed E-state index contributed by atoms with van der Waals surface area (Å²) in [6.07, 6.45) is 0. The molecule has 7 aromatic carbocycles. The summed E-state index contributed by atoms with van der Waals surface area (Å²) < 4.78 is 0. The Morgan fingerprint density at radius 1 is 0.250 bits per heavy atom. The van der Waals surface area contributed by atoms with Crippen molar-refractivity contribution in [3.8, 4) is 0 Å². The van der Waals surface area contributed by atoms with Gasteiger partial charge >= 0.3 is 0 Å². The predicted octanol–water partition coefficient (Wildman–Crippen LogP) is 11.1. The summed E-state index contributed by atoms with van der Waals surface area (Å²) in [7, 11) is 0. The second kappa shape index (κ2) is 13.9. The molecule has 0 spiro atoms. The molecule has 0 radical (unpaired) electrons. The topological polar surface area (TPSA) is 40.6 Å². The first-order valence-corrected chi connectivity index (χ1v) is 15.9. The molecular formula is C44H32N2O2. The van der Waals surface area contributed by atoms with Gasteiger partial charge in [-0.2, -0.15) is 0 Å². The summed E-state index contributed by atoms with van der Waals surface area (Å²) >= 11 is 0. The number of hydrogen-bond acceptors (Lipinski definition) is 4. The van der Waals surface area contributed by atoms with Crippen molar-refractivity contribution in [3.63, 3.8) is 0 Å². The molecule has 0 atom stereocenters. The average molecular weight is 621 g/mol. The second-order valence-corrected chi connectivity index (χ2v) is 11.3. The zero-order valence-electron chi connectivity index (χ0n) is 26.2. The van der Waals surface area contributed by atoms with Crippen LogP contribution in [0.25, 0.3) is 0 Å². The maximum Gasteiger partial charge on any atom is 0.193 e. The van der Waals surface area contributed by atoms with Crippen LogP contribution in [0.1, 0.15) is 31.8 Å². The Kier molecular flexibility index (Phi) is 8.70. The zero-order valence-corrected chi connectivity index (χ0v) is 26.2. The van der Waals surface area contributed by atoms with E-state index in [0.717, 1.165) is 34.1 Å². The van der Waals surface area contributed by atoms with Crippen molar-refractivity contribution in [2.24, 2.45) is 0 Å². The molecular weight excluding hydrogens is 588 g/mol. The summed E-state index contributed by atoms with van der Waals surface area (Å²) in [5.41, 5.74) is 8.23. The molecule has 7 aromatic rings. The van der Waals surface area contributed by atoms with Crippen LogP contribution >= 0.6 is 0 Å². The van der Waals surface area contributed by atoms with E-state index in [2.05, 4.69) is 58.3 Å². The van der Waals surface area contributed by atoms with E-state index in [9.17, 15) is 9.59 Å². The largest absolute Gasteiger partial charge is 0.311 e. The van der Waals surface area contributed by atoms with E-state index in [1.54, 1.807) is 24.3 Å². The molecule has 0 aliphatic carbocycles. The van der Waals surface area contributed by atoms with Gasteiger partial charge in [0.1, 0.15) is 0 Å². The van der Waals surface area contributed by atoms with Gasteiger partial charge in [-0.3, -0.25) is 9.59 Å². The van der Waals surface area contributed by atoms with E-state index >= 15 is 0 Å². The molecule has 0 unspecified atom stereocenters. The van der Waals surface area contributed by atoms with Gasteiger partial charge in [0.05, 0.1) is 0 Å². The van der Waals surface area contributed by atoms with Crippen molar-refractivity contribution in [2.75, 3.05) is 9.80 Å². The number of carbonyl (C=O) groups excluding carboxylic acids is 2. The maximum atomic E-state index is 13.5. The van der Waals surface area contributed by atoms with Crippen molar-refractivity contribution in [1.29, 1.82) is 0 Å². The minimum absolute atomic E-state index is 0.0993. The number of hydrogen-bond donors (Lipinski definition) is 0. The fourth-order valence-electron chi connectivity index (χ4n) is 5.83. The van der Waals surface area contributed by atoms with Gasteiger partial charge in [-0.15, -0.1) is 0 Å². The van der Waals surface area contributed by atoms with Gasteiger partial charge in [0.25, 0.3) is 0 Å². The number of rotatable bonds is 10. The minimum Gasteiger partial charge on any atom is -0.311 e. The molecule has 0 bridgehead atoms. The molecule has 0 saturated carbocycles. The van der Waals surface area contributed by atoms with Crippen LogP contribution in [-0.2, 0) is 0 Å². The maximum absolute atomic E-state index is 13.5. The third-order valence-corrected chi connectivity index (χ3v) is 8.24. The van der Waals surface area contributed by atoms with Crippen LogP contribution in [0.5, 0.6) is 0 Å². The average Bonchev–Trinajstić information content (AvgIpc) is 3.17. The molecule has 0 aliphatic rings. The van der Waals surface area contributed by atoms with Gasteiger partial charge in [-0.1, -0.05) is 97.1 Å². The minimum atomic E-state index is -0.0993. The van der Waals surface area contributed by atoms with Gasteiger partial charge in [0.2, 0.25) is 0 Å². The highest BCUT2D eigenvalue weighted by atomic mass is 16.1. The monoisotopic (exact) mass is 620 g/mol. The molecule has 0 fully saturated rings. The molecule has 230 valence electrons.